The fraction of sp³-hybridized carbons (Fsp3) is 1.00. The zero-order valence-corrected chi connectivity index (χ0v) is 9.05. The van der Waals surface area contributed by atoms with Crippen LogP contribution in [-0.2, 0) is 4.84 Å². The molecule has 2 heteroatoms. The Labute approximate surface area is 81.2 Å². The van der Waals surface area contributed by atoms with Crippen molar-refractivity contribution < 1.29 is 4.84 Å². The van der Waals surface area contributed by atoms with Gasteiger partial charge in [0.25, 0.3) is 0 Å². The Kier molecular flexibility index (Phi) is 2.37. The van der Waals surface area contributed by atoms with Crippen LogP contribution in [0.4, 0.5) is 0 Å². The normalized spacial score (nSPS) is 36.2. The summed E-state index contributed by atoms with van der Waals surface area (Å²) in [5.41, 5.74) is 0.177. The van der Waals surface area contributed by atoms with E-state index in [0.717, 1.165) is 12.5 Å². The van der Waals surface area contributed by atoms with E-state index in [-0.39, 0.29) is 5.54 Å². The fourth-order valence-corrected chi connectivity index (χ4v) is 2.65. The van der Waals surface area contributed by atoms with E-state index in [1.54, 1.807) is 0 Å². The molecule has 0 bridgehead atoms. The zero-order chi connectivity index (χ0) is 9.47. The van der Waals surface area contributed by atoms with Crippen molar-refractivity contribution in [2.45, 2.75) is 58.0 Å². The lowest BCUT2D eigenvalue weighted by Crippen LogP contribution is -2.45. The van der Waals surface area contributed by atoms with Crippen LogP contribution in [-0.4, -0.2) is 23.3 Å². The molecule has 1 saturated heterocycles. The van der Waals surface area contributed by atoms with Crippen molar-refractivity contribution in [2.75, 3.05) is 6.61 Å². The van der Waals surface area contributed by atoms with Crippen LogP contribution >= 0.6 is 0 Å². The standard InChI is InChI=1S/C11H21NO/c1-11(2,3)12-10-7-5-4-6-9(10)8-13-12/h9-10H,4-8H2,1-3H3/t9-,10-/m1/s1. The second kappa shape index (κ2) is 3.25. The Bertz CT molecular complexity index is 185. The summed E-state index contributed by atoms with van der Waals surface area (Å²) in [5.74, 6) is 0.813. The van der Waals surface area contributed by atoms with Gasteiger partial charge in [0.15, 0.2) is 0 Å². The smallest absolute Gasteiger partial charge is 0.0729 e. The summed E-state index contributed by atoms with van der Waals surface area (Å²) >= 11 is 0. The van der Waals surface area contributed by atoms with E-state index in [1.807, 2.05) is 0 Å². The summed E-state index contributed by atoms with van der Waals surface area (Å²) in [6, 6.07) is 0.703. The Hall–Kier alpha value is -0.0800. The maximum absolute atomic E-state index is 5.80. The molecule has 2 atom stereocenters. The Morgan fingerprint density at radius 1 is 1.15 bits per heavy atom. The third kappa shape index (κ3) is 1.75. The highest BCUT2D eigenvalue weighted by molar-refractivity contribution is 4.89. The number of hydrogen-bond donors (Lipinski definition) is 0. The van der Waals surface area contributed by atoms with Crippen molar-refractivity contribution in [3.8, 4) is 0 Å². The van der Waals surface area contributed by atoms with Gasteiger partial charge in [-0.25, -0.2) is 0 Å². The van der Waals surface area contributed by atoms with Gasteiger partial charge in [0, 0.05) is 17.5 Å². The number of rotatable bonds is 0. The molecule has 0 aromatic rings. The minimum Gasteiger partial charge on any atom is -0.298 e. The van der Waals surface area contributed by atoms with Crippen molar-refractivity contribution in [1.82, 2.24) is 5.06 Å². The van der Waals surface area contributed by atoms with E-state index < -0.39 is 0 Å². The first-order valence-electron chi connectivity index (χ1n) is 5.51. The molecule has 0 spiro atoms. The molecular formula is C11H21NO. The molecule has 0 aromatic heterocycles. The van der Waals surface area contributed by atoms with Crippen molar-refractivity contribution >= 4 is 0 Å². The van der Waals surface area contributed by atoms with E-state index in [4.69, 9.17) is 4.84 Å². The van der Waals surface area contributed by atoms with Gasteiger partial charge in [0.2, 0.25) is 0 Å². The van der Waals surface area contributed by atoms with Gasteiger partial charge >= 0.3 is 0 Å². The van der Waals surface area contributed by atoms with Gasteiger partial charge in [-0.1, -0.05) is 12.8 Å². The Morgan fingerprint density at radius 3 is 2.54 bits per heavy atom. The van der Waals surface area contributed by atoms with E-state index in [2.05, 4.69) is 25.8 Å². The summed E-state index contributed by atoms with van der Waals surface area (Å²) < 4.78 is 0. The van der Waals surface area contributed by atoms with Gasteiger partial charge in [-0.15, -0.1) is 0 Å². The summed E-state index contributed by atoms with van der Waals surface area (Å²) in [4.78, 5) is 5.80. The molecule has 2 aliphatic rings. The lowest BCUT2D eigenvalue weighted by atomic mass is 9.84. The average molecular weight is 183 g/mol. The molecule has 13 heavy (non-hydrogen) atoms. The number of fused-ring (bicyclic) bond motifs is 1. The van der Waals surface area contributed by atoms with Gasteiger partial charge < -0.3 is 0 Å². The van der Waals surface area contributed by atoms with Gasteiger partial charge in [-0.3, -0.25) is 4.84 Å². The second-order valence-corrected chi connectivity index (χ2v) is 5.40. The number of hydroxylamine groups is 2. The lowest BCUT2D eigenvalue weighted by molar-refractivity contribution is -0.189. The van der Waals surface area contributed by atoms with Crippen molar-refractivity contribution in [3.63, 3.8) is 0 Å². The topological polar surface area (TPSA) is 12.5 Å². The van der Waals surface area contributed by atoms with Gasteiger partial charge in [-0.2, -0.15) is 5.06 Å². The summed E-state index contributed by atoms with van der Waals surface area (Å²) in [5, 5.41) is 2.25. The molecule has 2 fully saturated rings. The number of nitrogens with zero attached hydrogens (tertiary/aromatic N) is 1. The molecule has 0 N–H and O–H groups in total. The molecule has 0 radical (unpaired) electrons. The van der Waals surface area contributed by atoms with Crippen LogP contribution in [0, 0.1) is 5.92 Å². The van der Waals surface area contributed by atoms with Gasteiger partial charge in [0.05, 0.1) is 6.61 Å². The van der Waals surface area contributed by atoms with Crippen LogP contribution in [0.2, 0.25) is 0 Å². The predicted octanol–water partition coefficient (Wildman–Crippen LogP) is 2.59. The molecule has 0 amide bonds. The molecule has 2 rings (SSSR count). The highest BCUT2D eigenvalue weighted by Gasteiger charge is 2.41. The first kappa shape index (κ1) is 9.47. The van der Waals surface area contributed by atoms with Gasteiger partial charge in [0.1, 0.15) is 0 Å². The molecule has 0 unspecified atom stereocenters. The van der Waals surface area contributed by atoms with Crippen LogP contribution in [0.1, 0.15) is 46.5 Å². The molecule has 76 valence electrons. The first-order chi connectivity index (χ1) is 6.09. The lowest BCUT2D eigenvalue weighted by Gasteiger charge is -2.37. The highest BCUT2D eigenvalue weighted by atomic mass is 16.7. The van der Waals surface area contributed by atoms with Crippen LogP contribution in [0.3, 0.4) is 0 Å². The monoisotopic (exact) mass is 183 g/mol. The molecule has 1 saturated carbocycles. The quantitative estimate of drug-likeness (QED) is 0.572. The Morgan fingerprint density at radius 2 is 1.85 bits per heavy atom. The SMILES string of the molecule is CC(C)(C)N1OC[C@H]2CCCC[C@H]21. The van der Waals surface area contributed by atoms with Crippen molar-refractivity contribution in [3.05, 3.63) is 0 Å². The summed E-state index contributed by atoms with van der Waals surface area (Å²) in [7, 11) is 0. The molecule has 0 aromatic carbocycles. The fourth-order valence-electron chi connectivity index (χ4n) is 2.65. The average Bonchev–Trinajstić information content (AvgIpc) is 2.45. The van der Waals surface area contributed by atoms with Crippen LogP contribution in [0.25, 0.3) is 0 Å². The van der Waals surface area contributed by atoms with E-state index in [9.17, 15) is 0 Å². The molecule has 1 aliphatic heterocycles. The van der Waals surface area contributed by atoms with Crippen molar-refractivity contribution in [2.24, 2.45) is 5.92 Å². The largest absolute Gasteiger partial charge is 0.298 e. The Balaban J connectivity index is 2.07. The minimum atomic E-state index is 0.177. The van der Waals surface area contributed by atoms with Crippen LogP contribution < -0.4 is 0 Å². The summed E-state index contributed by atoms with van der Waals surface area (Å²) in [6.07, 6.45) is 5.50. The van der Waals surface area contributed by atoms with Crippen LogP contribution in [0.15, 0.2) is 0 Å². The molecule has 1 aliphatic carbocycles. The molecular weight excluding hydrogens is 162 g/mol. The first-order valence-corrected chi connectivity index (χ1v) is 5.51. The van der Waals surface area contributed by atoms with E-state index in [1.165, 1.54) is 25.7 Å². The summed E-state index contributed by atoms with van der Waals surface area (Å²) in [6.45, 7) is 7.68. The zero-order valence-electron chi connectivity index (χ0n) is 9.05. The maximum Gasteiger partial charge on any atom is 0.0729 e. The van der Waals surface area contributed by atoms with Crippen molar-refractivity contribution in [1.29, 1.82) is 0 Å². The minimum absolute atomic E-state index is 0.177. The molecule has 2 nitrogen and oxygen atoms in total. The number of hydrogen-bond acceptors (Lipinski definition) is 2. The van der Waals surface area contributed by atoms with E-state index >= 15 is 0 Å². The van der Waals surface area contributed by atoms with Gasteiger partial charge in [-0.05, 0) is 33.6 Å². The van der Waals surface area contributed by atoms with E-state index in [0.29, 0.717) is 6.04 Å². The highest BCUT2D eigenvalue weighted by Crippen LogP contribution is 2.37. The maximum atomic E-state index is 5.80. The molecule has 1 heterocycles. The third-order valence-electron chi connectivity index (χ3n) is 3.26. The van der Waals surface area contributed by atoms with Crippen LogP contribution in [0.5, 0.6) is 0 Å². The second-order valence-electron chi connectivity index (χ2n) is 5.40. The third-order valence-corrected chi connectivity index (χ3v) is 3.26. The predicted molar refractivity (Wildman–Crippen MR) is 53.3 cm³/mol.